The molecule has 216 valence electrons. The molecule has 2 aromatic carbocycles. The highest BCUT2D eigenvalue weighted by Gasteiger charge is 2.46. The van der Waals surface area contributed by atoms with E-state index in [9.17, 15) is 40.2 Å². The number of esters is 1. The molecule has 6 N–H and O–H groups in total. The number of methoxy groups -OCH3 is 1. The van der Waals surface area contributed by atoms with Crippen LogP contribution in [0, 0.1) is 5.92 Å². The summed E-state index contributed by atoms with van der Waals surface area (Å²) in [4.78, 5) is 25.0. The predicted molar refractivity (Wildman–Crippen MR) is 137 cm³/mol. The van der Waals surface area contributed by atoms with Gasteiger partial charge in [0.25, 0.3) is 0 Å². The van der Waals surface area contributed by atoms with Crippen LogP contribution in [0.15, 0.2) is 39.5 Å². The van der Waals surface area contributed by atoms with Crippen LogP contribution in [-0.4, -0.2) is 81.0 Å². The average Bonchev–Trinajstić information content (AvgIpc) is 2.93. The van der Waals surface area contributed by atoms with Crippen molar-refractivity contribution in [2.24, 2.45) is 5.92 Å². The standard InChI is InChI=1S/C27H30O13/c1-4-11(2)26(35)37-10-19-21(31)23(33)24(34)27(40-19)39-18-9-17-20(22(32)25(18)36-3)15(30)8-16(38-17)12-5-6-13(28)14(29)7-12/h5-9,11,19,21,23-24,27-29,31-34H,4,10H2,1-3H3/t11?,19?,21-,23-,24?,27+/m0/s1. The number of phenols is 3. The van der Waals surface area contributed by atoms with Gasteiger partial charge in [0.15, 0.2) is 28.4 Å². The van der Waals surface area contributed by atoms with Crippen LogP contribution >= 0.6 is 0 Å². The van der Waals surface area contributed by atoms with Crippen molar-refractivity contribution in [2.45, 2.75) is 51.0 Å². The Morgan fingerprint density at radius 1 is 1.02 bits per heavy atom. The summed E-state index contributed by atoms with van der Waals surface area (Å²) in [6, 6.07) is 6.03. The van der Waals surface area contributed by atoms with Crippen molar-refractivity contribution in [3.8, 4) is 40.1 Å². The number of aromatic hydroxyl groups is 3. The van der Waals surface area contributed by atoms with E-state index in [1.807, 2.05) is 0 Å². The van der Waals surface area contributed by atoms with E-state index in [0.717, 1.165) is 6.07 Å². The van der Waals surface area contributed by atoms with Gasteiger partial charge < -0.3 is 54.0 Å². The fourth-order valence-electron chi connectivity index (χ4n) is 4.12. The third kappa shape index (κ3) is 5.49. The molecule has 6 atom stereocenters. The first-order valence-electron chi connectivity index (χ1n) is 12.4. The molecule has 3 aromatic rings. The lowest BCUT2D eigenvalue weighted by Crippen LogP contribution is -2.60. The fraction of sp³-hybridized carbons (Fsp3) is 0.407. The van der Waals surface area contributed by atoms with E-state index in [0.29, 0.717) is 6.42 Å². The Morgan fingerprint density at radius 2 is 1.75 bits per heavy atom. The van der Waals surface area contributed by atoms with Crippen LogP contribution in [0.2, 0.25) is 0 Å². The van der Waals surface area contributed by atoms with Crippen molar-refractivity contribution in [3.05, 3.63) is 40.6 Å². The Balaban J connectivity index is 1.68. The molecule has 0 saturated carbocycles. The molecule has 2 heterocycles. The first kappa shape index (κ1) is 29.0. The molecule has 1 aliphatic rings. The number of phenolic OH excluding ortho intramolecular Hbond substituents is 3. The van der Waals surface area contributed by atoms with Crippen molar-refractivity contribution in [1.82, 2.24) is 0 Å². The van der Waals surface area contributed by atoms with Crippen LogP contribution in [-0.2, 0) is 14.3 Å². The second-order valence-corrected chi connectivity index (χ2v) is 9.38. The van der Waals surface area contributed by atoms with Gasteiger partial charge in [0.1, 0.15) is 47.8 Å². The summed E-state index contributed by atoms with van der Waals surface area (Å²) in [7, 11) is 1.19. The summed E-state index contributed by atoms with van der Waals surface area (Å²) in [6.45, 7) is 3.03. The molecule has 0 aliphatic carbocycles. The molecule has 1 fully saturated rings. The average molecular weight is 563 g/mol. The molecule has 13 nitrogen and oxygen atoms in total. The van der Waals surface area contributed by atoms with Gasteiger partial charge in [0, 0.05) is 17.7 Å². The molecule has 1 aromatic heterocycles. The lowest BCUT2D eigenvalue weighted by molar-refractivity contribution is -0.279. The zero-order valence-electron chi connectivity index (χ0n) is 21.8. The minimum absolute atomic E-state index is 0.0148. The zero-order chi connectivity index (χ0) is 29.3. The molecule has 13 heteroatoms. The third-order valence-corrected chi connectivity index (χ3v) is 6.69. The maximum atomic E-state index is 12.9. The Labute approximate surface area is 227 Å². The third-order valence-electron chi connectivity index (χ3n) is 6.69. The van der Waals surface area contributed by atoms with Gasteiger partial charge in [0.05, 0.1) is 13.0 Å². The van der Waals surface area contributed by atoms with E-state index in [1.54, 1.807) is 13.8 Å². The Bertz CT molecular complexity index is 1450. The summed E-state index contributed by atoms with van der Waals surface area (Å²) in [5.74, 6) is -3.00. The lowest BCUT2D eigenvalue weighted by Gasteiger charge is -2.40. The second-order valence-electron chi connectivity index (χ2n) is 9.38. The minimum Gasteiger partial charge on any atom is -0.504 e. The highest BCUT2D eigenvalue weighted by molar-refractivity contribution is 5.89. The van der Waals surface area contributed by atoms with E-state index in [2.05, 4.69) is 0 Å². The zero-order valence-corrected chi connectivity index (χ0v) is 21.8. The number of aliphatic hydroxyl groups is 3. The van der Waals surface area contributed by atoms with Crippen molar-refractivity contribution in [1.29, 1.82) is 0 Å². The Morgan fingerprint density at radius 3 is 2.40 bits per heavy atom. The Hall–Kier alpha value is -4.04. The number of aliphatic hydroxyl groups excluding tert-OH is 3. The lowest BCUT2D eigenvalue weighted by atomic mass is 9.99. The molecule has 1 aliphatic heterocycles. The van der Waals surface area contributed by atoms with Gasteiger partial charge in [-0.05, 0) is 24.6 Å². The van der Waals surface area contributed by atoms with Crippen molar-refractivity contribution < 1.29 is 58.8 Å². The summed E-state index contributed by atoms with van der Waals surface area (Å²) in [6.07, 6.45) is -7.54. The van der Waals surface area contributed by atoms with Gasteiger partial charge in [-0.1, -0.05) is 13.8 Å². The number of fused-ring (bicyclic) bond motifs is 1. The normalized spacial score (nSPS) is 23.5. The number of ether oxygens (including phenoxy) is 4. The highest BCUT2D eigenvalue weighted by atomic mass is 16.7. The van der Waals surface area contributed by atoms with Crippen molar-refractivity contribution in [3.63, 3.8) is 0 Å². The topological polar surface area (TPSA) is 206 Å². The van der Waals surface area contributed by atoms with Gasteiger partial charge in [0.2, 0.25) is 12.0 Å². The maximum Gasteiger partial charge on any atom is 0.308 e. The highest BCUT2D eigenvalue weighted by Crippen LogP contribution is 2.43. The molecule has 3 unspecified atom stereocenters. The van der Waals surface area contributed by atoms with E-state index in [-0.39, 0.29) is 39.5 Å². The minimum atomic E-state index is -1.78. The smallest absolute Gasteiger partial charge is 0.308 e. The molecule has 0 bridgehead atoms. The van der Waals surface area contributed by atoms with Gasteiger partial charge >= 0.3 is 5.97 Å². The number of hydrogen-bond acceptors (Lipinski definition) is 13. The van der Waals surface area contributed by atoms with Crippen LogP contribution < -0.4 is 14.9 Å². The molecule has 1 saturated heterocycles. The summed E-state index contributed by atoms with van der Waals surface area (Å²) in [5, 5.41) is 61.3. The number of benzene rings is 2. The van der Waals surface area contributed by atoms with Crippen LogP contribution in [0.4, 0.5) is 0 Å². The summed E-state index contributed by atoms with van der Waals surface area (Å²) in [5.41, 5.74) is -0.597. The van der Waals surface area contributed by atoms with E-state index in [1.165, 1.54) is 31.4 Å². The number of hydrogen-bond donors (Lipinski definition) is 6. The van der Waals surface area contributed by atoms with E-state index >= 15 is 0 Å². The monoisotopic (exact) mass is 562 g/mol. The molecule has 0 spiro atoms. The SMILES string of the molecule is CCC(C)C(=O)OCC1O[C@@H](Oc2cc3oc(-c4ccc(O)c(O)c4)cc(=O)c3c(O)c2OC)C(O)[C@@H](O)[C@H]1O. The Kier molecular flexibility index (Phi) is 8.40. The number of carbonyl (C=O) groups excluding carboxylic acids is 1. The van der Waals surface area contributed by atoms with Gasteiger partial charge in [-0.2, -0.15) is 0 Å². The number of rotatable bonds is 8. The molecular formula is C27H30O13. The van der Waals surface area contributed by atoms with Crippen LogP contribution in [0.1, 0.15) is 20.3 Å². The predicted octanol–water partition coefficient (Wildman–Crippen LogP) is 1.36. The van der Waals surface area contributed by atoms with Crippen LogP contribution in [0.3, 0.4) is 0 Å². The summed E-state index contributed by atoms with van der Waals surface area (Å²) >= 11 is 0. The first-order valence-corrected chi connectivity index (χ1v) is 12.4. The van der Waals surface area contributed by atoms with E-state index in [4.69, 9.17) is 23.4 Å². The summed E-state index contributed by atoms with van der Waals surface area (Å²) < 4.78 is 27.5. The maximum absolute atomic E-state index is 12.9. The largest absolute Gasteiger partial charge is 0.504 e. The molecule has 4 rings (SSSR count). The molecule has 0 radical (unpaired) electrons. The van der Waals surface area contributed by atoms with E-state index < -0.39 is 66.1 Å². The quantitative estimate of drug-likeness (QED) is 0.170. The van der Waals surface area contributed by atoms with Gasteiger partial charge in [-0.15, -0.1) is 0 Å². The first-order chi connectivity index (χ1) is 19.0. The van der Waals surface area contributed by atoms with Crippen LogP contribution in [0.5, 0.6) is 28.7 Å². The van der Waals surface area contributed by atoms with Crippen molar-refractivity contribution in [2.75, 3.05) is 13.7 Å². The van der Waals surface area contributed by atoms with Gasteiger partial charge in [-0.25, -0.2) is 0 Å². The number of carbonyl (C=O) groups is 1. The fourth-order valence-corrected chi connectivity index (χ4v) is 4.12. The van der Waals surface area contributed by atoms with Crippen molar-refractivity contribution >= 4 is 16.9 Å². The molecule has 0 amide bonds. The molecular weight excluding hydrogens is 532 g/mol. The second kappa shape index (κ2) is 11.6. The van der Waals surface area contributed by atoms with Gasteiger partial charge in [-0.3, -0.25) is 9.59 Å². The van der Waals surface area contributed by atoms with Crippen LogP contribution in [0.25, 0.3) is 22.3 Å². The molecule has 40 heavy (non-hydrogen) atoms.